The van der Waals surface area contributed by atoms with Crippen LogP contribution in [0, 0.1) is 6.92 Å². The van der Waals surface area contributed by atoms with Crippen LogP contribution >= 0.6 is 0 Å². The summed E-state index contributed by atoms with van der Waals surface area (Å²) in [5.41, 5.74) is 3.54. The van der Waals surface area contributed by atoms with Gasteiger partial charge < -0.3 is 14.4 Å². The van der Waals surface area contributed by atoms with Crippen LogP contribution in [0.1, 0.15) is 21.5 Å². The molecule has 1 heterocycles. The maximum absolute atomic E-state index is 12.8. The van der Waals surface area contributed by atoms with Gasteiger partial charge in [0.15, 0.2) is 0 Å². The molecule has 2 aromatic carbocycles. The zero-order valence-electron chi connectivity index (χ0n) is 16.0. The molecule has 1 aromatic heterocycles. The van der Waals surface area contributed by atoms with Crippen LogP contribution in [0.4, 0.5) is 0 Å². The topological polar surface area (TPSA) is 56.6 Å². The second-order valence-electron chi connectivity index (χ2n) is 6.35. The number of carbonyl (C=O) groups excluding carboxylic acids is 1. The average molecular weight is 365 g/mol. The van der Waals surface area contributed by atoms with Crippen molar-refractivity contribution in [3.05, 3.63) is 71.5 Å². The number of rotatable bonds is 6. The smallest absolute Gasteiger partial charge is 0.253 e. The molecule has 27 heavy (non-hydrogen) atoms. The number of benzene rings is 2. The average Bonchev–Trinajstić information content (AvgIpc) is 3.14. The fourth-order valence-corrected chi connectivity index (χ4v) is 2.84. The lowest BCUT2D eigenvalue weighted by Gasteiger charge is -2.19. The quantitative estimate of drug-likeness (QED) is 0.671. The molecular weight excluding hydrogens is 342 g/mol. The Labute approximate surface area is 158 Å². The molecule has 0 N–H and O–H groups in total. The highest BCUT2D eigenvalue weighted by atomic mass is 16.5. The summed E-state index contributed by atoms with van der Waals surface area (Å²) < 4.78 is 12.4. The summed E-state index contributed by atoms with van der Waals surface area (Å²) in [4.78, 5) is 14.4. The maximum atomic E-state index is 12.8. The van der Waals surface area contributed by atoms with Gasteiger partial charge in [-0.1, -0.05) is 0 Å². The van der Waals surface area contributed by atoms with Crippen LogP contribution < -0.4 is 9.47 Å². The number of ether oxygens (including phenoxy) is 2. The molecule has 0 spiro atoms. The molecule has 6 nitrogen and oxygen atoms in total. The number of hydrogen-bond donors (Lipinski definition) is 0. The van der Waals surface area contributed by atoms with E-state index in [1.165, 1.54) is 0 Å². The van der Waals surface area contributed by atoms with Crippen molar-refractivity contribution < 1.29 is 14.3 Å². The number of aromatic nitrogens is 2. The first kappa shape index (κ1) is 18.5. The molecule has 0 aliphatic rings. The summed E-state index contributed by atoms with van der Waals surface area (Å²) >= 11 is 0. The van der Waals surface area contributed by atoms with Crippen molar-refractivity contribution in [3.8, 4) is 17.2 Å². The van der Waals surface area contributed by atoms with E-state index >= 15 is 0 Å². The number of methoxy groups -OCH3 is 2. The molecule has 0 radical (unpaired) electrons. The minimum Gasteiger partial charge on any atom is -0.497 e. The lowest BCUT2D eigenvalue weighted by molar-refractivity contribution is 0.0784. The number of nitrogens with zero attached hydrogens (tertiary/aromatic N) is 3. The summed E-state index contributed by atoms with van der Waals surface area (Å²) in [6, 6.07) is 13.0. The summed E-state index contributed by atoms with van der Waals surface area (Å²) in [6.45, 7) is 2.43. The van der Waals surface area contributed by atoms with E-state index < -0.39 is 0 Å². The van der Waals surface area contributed by atoms with Crippen molar-refractivity contribution in [2.45, 2.75) is 13.5 Å². The predicted molar refractivity (Wildman–Crippen MR) is 104 cm³/mol. The normalized spacial score (nSPS) is 10.5. The Morgan fingerprint density at radius 2 is 1.85 bits per heavy atom. The SMILES string of the molecule is COc1ccc(CN(C)C(=O)c2ccc(-n3cc(C)cn3)cc2)c(OC)c1. The van der Waals surface area contributed by atoms with Gasteiger partial charge >= 0.3 is 0 Å². The highest BCUT2D eigenvalue weighted by Crippen LogP contribution is 2.26. The van der Waals surface area contributed by atoms with E-state index in [0.717, 1.165) is 16.8 Å². The van der Waals surface area contributed by atoms with Crippen LogP contribution in [-0.2, 0) is 6.54 Å². The summed E-state index contributed by atoms with van der Waals surface area (Å²) in [6.07, 6.45) is 3.74. The summed E-state index contributed by atoms with van der Waals surface area (Å²) in [7, 11) is 4.99. The molecule has 1 amide bonds. The van der Waals surface area contributed by atoms with E-state index in [4.69, 9.17) is 9.47 Å². The maximum Gasteiger partial charge on any atom is 0.253 e. The first-order valence-corrected chi connectivity index (χ1v) is 8.60. The zero-order valence-corrected chi connectivity index (χ0v) is 16.0. The summed E-state index contributed by atoms with van der Waals surface area (Å²) in [5, 5.41) is 4.28. The van der Waals surface area contributed by atoms with Crippen LogP contribution in [0.25, 0.3) is 5.69 Å². The minimum absolute atomic E-state index is 0.0592. The first-order valence-electron chi connectivity index (χ1n) is 8.60. The van der Waals surface area contributed by atoms with Crippen molar-refractivity contribution >= 4 is 5.91 Å². The van der Waals surface area contributed by atoms with E-state index in [9.17, 15) is 4.79 Å². The molecule has 3 aromatic rings. The van der Waals surface area contributed by atoms with Crippen molar-refractivity contribution in [2.75, 3.05) is 21.3 Å². The third kappa shape index (κ3) is 4.11. The molecule has 0 saturated heterocycles. The molecule has 3 rings (SSSR count). The molecule has 0 aliphatic carbocycles. The van der Waals surface area contributed by atoms with Crippen molar-refractivity contribution in [3.63, 3.8) is 0 Å². The molecule has 0 aliphatic heterocycles. The monoisotopic (exact) mass is 365 g/mol. The Bertz CT molecular complexity index is 932. The second-order valence-corrected chi connectivity index (χ2v) is 6.35. The van der Waals surface area contributed by atoms with Crippen molar-refractivity contribution in [1.29, 1.82) is 0 Å². The van der Waals surface area contributed by atoms with Crippen molar-refractivity contribution in [2.24, 2.45) is 0 Å². The van der Waals surface area contributed by atoms with Gasteiger partial charge in [0.25, 0.3) is 5.91 Å². The molecule has 0 saturated carbocycles. The third-order valence-electron chi connectivity index (χ3n) is 4.34. The van der Waals surface area contributed by atoms with Gasteiger partial charge in [-0.25, -0.2) is 4.68 Å². The summed E-state index contributed by atoms with van der Waals surface area (Å²) in [5.74, 6) is 1.35. The van der Waals surface area contributed by atoms with Gasteiger partial charge in [0.05, 0.1) is 26.1 Å². The number of aryl methyl sites for hydroxylation is 1. The fourth-order valence-electron chi connectivity index (χ4n) is 2.84. The van der Waals surface area contributed by atoms with E-state index in [1.807, 2.05) is 55.6 Å². The van der Waals surface area contributed by atoms with Gasteiger partial charge in [0.2, 0.25) is 0 Å². The highest BCUT2D eigenvalue weighted by Gasteiger charge is 2.15. The molecule has 0 fully saturated rings. The van der Waals surface area contributed by atoms with Crippen molar-refractivity contribution in [1.82, 2.24) is 14.7 Å². The van der Waals surface area contributed by atoms with Gasteiger partial charge in [-0.05, 0) is 48.9 Å². The first-order chi connectivity index (χ1) is 13.0. The predicted octanol–water partition coefficient (Wildman–Crippen LogP) is 3.47. The largest absolute Gasteiger partial charge is 0.497 e. The molecule has 140 valence electrons. The van der Waals surface area contributed by atoms with Gasteiger partial charge in [0.1, 0.15) is 11.5 Å². The van der Waals surface area contributed by atoms with E-state index in [-0.39, 0.29) is 5.91 Å². The Balaban J connectivity index is 1.74. The van der Waals surface area contributed by atoms with E-state index in [2.05, 4.69) is 5.10 Å². The molecule has 0 atom stereocenters. The second kappa shape index (κ2) is 7.95. The Hall–Kier alpha value is -3.28. The lowest BCUT2D eigenvalue weighted by Crippen LogP contribution is -2.26. The van der Waals surface area contributed by atoms with Crippen LogP contribution in [0.5, 0.6) is 11.5 Å². The highest BCUT2D eigenvalue weighted by molar-refractivity contribution is 5.94. The third-order valence-corrected chi connectivity index (χ3v) is 4.34. The fraction of sp³-hybridized carbons (Fsp3) is 0.238. The Morgan fingerprint density at radius 3 is 2.44 bits per heavy atom. The molecular formula is C21H23N3O3. The van der Waals surface area contributed by atoms with Crippen LogP contribution in [-0.4, -0.2) is 41.9 Å². The van der Waals surface area contributed by atoms with Gasteiger partial charge in [-0.3, -0.25) is 4.79 Å². The minimum atomic E-state index is -0.0592. The van der Waals surface area contributed by atoms with Crippen LogP contribution in [0.2, 0.25) is 0 Å². The molecule has 0 unspecified atom stereocenters. The number of amides is 1. The van der Waals surface area contributed by atoms with E-state index in [0.29, 0.717) is 23.6 Å². The molecule has 0 bridgehead atoms. The van der Waals surface area contributed by atoms with Crippen LogP contribution in [0.15, 0.2) is 54.9 Å². The Kier molecular flexibility index (Phi) is 5.45. The Morgan fingerprint density at radius 1 is 1.11 bits per heavy atom. The number of hydrogen-bond acceptors (Lipinski definition) is 4. The standard InChI is InChI=1S/C21H23N3O3/c1-15-12-22-24(13-15)18-8-5-16(6-9-18)21(25)23(2)14-17-7-10-19(26-3)11-20(17)27-4/h5-13H,14H2,1-4H3. The van der Waals surface area contributed by atoms with E-state index in [1.54, 1.807) is 37.0 Å². The van der Waals surface area contributed by atoms with Gasteiger partial charge in [-0.15, -0.1) is 0 Å². The van der Waals surface area contributed by atoms with Gasteiger partial charge in [-0.2, -0.15) is 5.10 Å². The van der Waals surface area contributed by atoms with Crippen LogP contribution in [0.3, 0.4) is 0 Å². The zero-order chi connectivity index (χ0) is 19.4. The molecule has 6 heteroatoms. The van der Waals surface area contributed by atoms with Gasteiger partial charge in [0, 0.05) is 37.0 Å². The lowest BCUT2D eigenvalue weighted by atomic mass is 10.1. The number of carbonyl (C=O) groups is 1.